The van der Waals surface area contributed by atoms with E-state index >= 15 is 0 Å². The fourth-order valence-corrected chi connectivity index (χ4v) is 8.35. The first-order chi connectivity index (χ1) is 24.3. The zero-order valence-electron chi connectivity index (χ0n) is 28.8. The molecule has 260 valence electrons. The van der Waals surface area contributed by atoms with Crippen LogP contribution in [0.3, 0.4) is 0 Å². The molecule has 0 saturated carbocycles. The number of benzene rings is 3. The number of nitriles is 1. The molecular formula is C38H43N6O5P. The predicted molar refractivity (Wildman–Crippen MR) is 192 cm³/mol. The lowest BCUT2D eigenvalue weighted by atomic mass is 9.80. The number of H-pyrrole nitrogens is 1. The van der Waals surface area contributed by atoms with E-state index in [1.807, 2.05) is 54.6 Å². The van der Waals surface area contributed by atoms with Crippen LogP contribution >= 0.6 is 8.53 Å². The Bertz CT molecular complexity index is 1810. The van der Waals surface area contributed by atoms with Crippen molar-refractivity contribution in [3.05, 3.63) is 131 Å². The van der Waals surface area contributed by atoms with E-state index < -0.39 is 32.6 Å². The number of rotatable bonds is 15. The third-order valence-electron chi connectivity index (χ3n) is 8.75. The minimum Gasteiger partial charge on any atom is -0.358 e. The number of hydrogen-bond donors (Lipinski definition) is 1. The maximum absolute atomic E-state index is 12.5. The van der Waals surface area contributed by atoms with E-state index in [0.29, 0.717) is 12.1 Å². The first-order valence-electron chi connectivity index (χ1n) is 16.9. The minimum atomic E-state index is -1.59. The average molecular weight is 695 g/mol. The van der Waals surface area contributed by atoms with Gasteiger partial charge in [-0.3, -0.25) is 9.36 Å². The van der Waals surface area contributed by atoms with Gasteiger partial charge in [0.25, 0.3) is 14.1 Å². The Labute approximate surface area is 293 Å². The highest BCUT2D eigenvalue weighted by atomic mass is 31.2. The Morgan fingerprint density at radius 1 is 0.960 bits per heavy atom. The van der Waals surface area contributed by atoms with Gasteiger partial charge in [-0.2, -0.15) is 5.26 Å². The Balaban J connectivity index is 1.40. The summed E-state index contributed by atoms with van der Waals surface area (Å²) >= 11 is 0. The van der Waals surface area contributed by atoms with Gasteiger partial charge in [-0.15, -0.1) is 0 Å². The maximum Gasteiger partial charge on any atom is 0.278 e. The van der Waals surface area contributed by atoms with Crippen LogP contribution in [-0.2, 0) is 24.1 Å². The van der Waals surface area contributed by atoms with E-state index in [1.165, 1.54) is 6.33 Å². The average Bonchev–Trinajstić information content (AvgIpc) is 3.74. The molecule has 0 bridgehead atoms. The molecule has 1 fully saturated rings. The number of hydrogen-bond acceptors (Lipinski definition) is 9. The van der Waals surface area contributed by atoms with Crippen molar-refractivity contribution in [3.63, 3.8) is 0 Å². The summed E-state index contributed by atoms with van der Waals surface area (Å²) in [6.07, 6.45) is 2.04. The van der Waals surface area contributed by atoms with E-state index in [2.05, 4.69) is 89.8 Å². The number of aromatic nitrogens is 4. The number of ether oxygens (including phenoxy) is 2. The second-order valence-corrected chi connectivity index (χ2v) is 14.1. The molecule has 11 nitrogen and oxygen atoms in total. The van der Waals surface area contributed by atoms with E-state index in [-0.39, 0.29) is 42.8 Å². The predicted octanol–water partition coefficient (Wildman–Crippen LogP) is 7.08. The molecule has 4 atom stereocenters. The molecular weight excluding hydrogens is 651 g/mol. The summed E-state index contributed by atoms with van der Waals surface area (Å²) in [7, 11) is -1.59. The van der Waals surface area contributed by atoms with Crippen molar-refractivity contribution in [2.75, 3.05) is 13.2 Å². The van der Waals surface area contributed by atoms with Gasteiger partial charge in [0.15, 0.2) is 11.2 Å². The highest BCUT2D eigenvalue weighted by Crippen LogP contribution is 2.50. The summed E-state index contributed by atoms with van der Waals surface area (Å²) in [5.74, 6) is 0. The third-order valence-corrected chi connectivity index (χ3v) is 10.9. The number of aromatic amines is 1. The highest BCUT2D eigenvalue weighted by Gasteiger charge is 2.45. The van der Waals surface area contributed by atoms with Gasteiger partial charge in [-0.05, 0) is 44.4 Å². The van der Waals surface area contributed by atoms with Gasteiger partial charge < -0.3 is 23.5 Å². The molecule has 1 unspecified atom stereocenters. The third kappa shape index (κ3) is 7.42. The van der Waals surface area contributed by atoms with Crippen LogP contribution in [0.25, 0.3) is 11.2 Å². The van der Waals surface area contributed by atoms with Crippen LogP contribution in [-0.4, -0.2) is 61.7 Å². The smallest absolute Gasteiger partial charge is 0.278 e. The van der Waals surface area contributed by atoms with Gasteiger partial charge in [0.2, 0.25) is 0 Å². The summed E-state index contributed by atoms with van der Waals surface area (Å²) in [6.45, 7) is 8.83. The molecule has 1 aliphatic rings. The lowest BCUT2D eigenvalue weighted by Crippen LogP contribution is -2.39. The van der Waals surface area contributed by atoms with Crippen molar-refractivity contribution in [3.8, 4) is 6.07 Å². The van der Waals surface area contributed by atoms with Crippen molar-refractivity contribution in [1.29, 1.82) is 5.26 Å². The zero-order valence-corrected chi connectivity index (χ0v) is 29.6. The maximum atomic E-state index is 12.5. The number of imidazole rings is 1. The fraction of sp³-hybridized carbons (Fsp3) is 0.368. The summed E-state index contributed by atoms with van der Waals surface area (Å²) < 4.78 is 31.3. The Hall–Kier alpha value is -4.27. The van der Waals surface area contributed by atoms with Crippen LogP contribution in [0.4, 0.5) is 0 Å². The molecule has 3 aromatic carbocycles. The van der Waals surface area contributed by atoms with Gasteiger partial charge in [0.1, 0.15) is 17.9 Å². The van der Waals surface area contributed by atoms with Crippen molar-refractivity contribution in [2.45, 2.75) is 76.7 Å². The van der Waals surface area contributed by atoms with Gasteiger partial charge in [0.05, 0.1) is 44.5 Å². The van der Waals surface area contributed by atoms with Crippen LogP contribution < -0.4 is 5.56 Å². The highest BCUT2D eigenvalue weighted by molar-refractivity contribution is 7.44. The second kappa shape index (κ2) is 16.2. The lowest BCUT2D eigenvalue weighted by Gasteiger charge is -2.39. The molecule has 3 heterocycles. The van der Waals surface area contributed by atoms with Gasteiger partial charge in [0, 0.05) is 18.5 Å². The van der Waals surface area contributed by atoms with E-state index in [1.54, 1.807) is 10.9 Å². The van der Waals surface area contributed by atoms with E-state index in [0.717, 1.165) is 16.7 Å². The summed E-state index contributed by atoms with van der Waals surface area (Å²) in [5, 5.41) is 9.28. The molecule has 0 spiro atoms. The SMILES string of the molecule is CC(C)N(C(C)C)P(OCCC#N)O[C@@H]1C[C@H](n2cnc3c(=O)[nH]cnc32)O[C@@H]1COC(c1ccccc1)(c1ccccc1)c1ccccc1. The van der Waals surface area contributed by atoms with Crippen LogP contribution in [0.5, 0.6) is 0 Å². The van der Waals surface area contributed by atoms with Crippen LogP contribution in [0.1, 0.15) is 63.5 Å². The van der Waals surface area contributed by atoms with Crippen molar-refractivity contribution >= 4 is 19.7 Å². The number of fused-ring (bicyclic) bond motifs is 1. The summed E-state index contributed by atoms with van der Waals surface area (Å²) in [6, 6.07) is 33.0. The Kier molecular flexibility index (Phi) is 11.5. The Morgan fingerprint density at radius 2 is 1.54 bits per heavy atom. The van der Waals surface area contributed by atoms with Crippen LogP contribution in [0.15, 0.2) is 108 Å². The van der Waals surface area contributed by atoms with E-state index in [4.69, 9.17) is 18.5 Å². The topological polar surface area (TPSA) is 128 Å². The minimum absolute atomic E-state index is 0.117. The molecule has 0 radical (unpaired) electrons. The number of nitrogens with one attached hydrogen (secondary N) is 1. The largest absolute Gasteiger partial charge is 0.358 e. The molecule has 12 heteroatoms. The molecule has 2 aromatic heterocycles. The molecule has 1 aliphatic heterocycles. The van der Waals surface area contributed by atoms with E-state index in [9.17, 15) is 10.1 Å². The van der Waals surface area contributed by atoms with Crippen LogP contribution in [0, 0.1) is 11.3 Å². The molecule has 0 amide bonds. The normalized spacial score (nSPS) is 18.6. The molecule has 1 N–H and O–H groups in total. The first-order valence-corrected chi connectivity index (χ1v) is 18.1. The monoisotopic (exact) mass is 694 g/mol. The molecule has 5 aromatic rings. The van der Waals surface area contributed by atoms with Crippen molar-refractivity contribution < 1.29 is 18.5 Å². The summed E-state index contributed by atoms with van der Waals surface area (Å²) in [4.78, 5) is 23.9. The zero-order chi connectivity index (χ0) is 35.1. The van der Waals surface area contributed by atoms with Gasteiger partial charge >= 0.3 is 0 Å². The Morgan fingerprint density at radius 3 is 2.08 bits per heavy atom. The molecule has 50 heavy (non-hydrogen) atoms. The van der Waals surface area contributed by atoms with Gasteiger partial charge in [-0.1, -0.05) is 91.0 Å². The van der Waals surface area contributed by atoms with Gasteiger partial charge in [-0.25, -0.2) is 14.6 Å². The van der Waals surface area contributed by atoms with Crippen LogP contribution in [0.2, 0.25) is 0 Å². The molecule has 6 rings (SSSR count). The first kappa shape index (κ1) is 35.6. The van der Waals surface area contributed by atoms with Crippen molar-refractivity contribution in [2.24, 2.45) is 0 Å². The quantitative estimate of drug-likeness (QED) is 0.0695. The lowest BCUT2D eigenvalue weighted by molar-refractivity contribution is -0.0912. The standard InChI is InChI=1S/C38H43N6O5P/c1-27(2)44(28(3)4)50(47-22-14-21-39)49-32-23-34(43-26-42-35-36(43)40-25-41-37(35)45)48-33(32)24-46-38(29-15-8-5-9-16-29,30-17-10-6-11-18-30)31-19-12-7-13-20-31/h5-13,15-20,25-28,32-34H,14,22-24H2,1-4H3,(H,40,41,45)/t32-,33-,34-,50?/m1/s1. The molecule has 0 aliphatic carbocycles. The number of nitrogens with zero attached hydrogens (tertiary/aromatic N) is 5. The second-order valence-electron chi connectivity index (χ2n) is 12.7. The molecule has 1 saturated heterocycles. The summed E-state index contributed by atoms with van der Waals surface area (Å²) in [5.41, 5.74) is 2.28. The fourth-order valence-electron chi connectivity index (χ4n) is 6.59. The van der Waals surface area contributed by atoms with Crippen molar-refractivity contribution in [1.82, 2.24) is 24.2 Å².